The van der Waals surface area contributed by atoms with E-state index in [1.165, 1.54) is 34.9 Å². The van der Waals surface area contributed by atoms with Crippen molar-refractivity contribution in [3.63, 3.8) is 0 Å². The number of nitrogens with one attached hydrogen (secondary N) is 3. The van der Waals surface area contributed by atoms with Gasteiger partial charge in [0.25, 0.3) is 15.9 Å². The molecule has 43 nitrogen and oxygen atoms in total. The number of H-pyrrole nitrogens is 2. The Labute approximate surface area is 781 Å². The molecule has 5 aliphatic rings. The Hall–Kier alpha value is -9.62. The third kappa shape index (κ3) is 23.3. The predicted molar refractivity (Wildman–Crippen MR) is 485 cm³/mol. The van der Waals surface area contributed by atoms with Crippen LogP contribution < -0.4 is 41.7 Å². The number of aliphatic hydroxyl groups excluding tert-OH is 1. The summed E-state index contributed by atoms with van der Waals surface area (Å²) in [5.41, 5.74) is 10.4. The standard InChI is InChI=1S/C36H37F2N9O11P2S.C21H23F2N9O9P2S2.C12H10ClO3P.C7H4OS2.H2O/c1-18(2)33(50)44-36-43-32-29(34(51)45-36)42-17-47(32)35-30(57-59-52)28(38)25(56-35)15-54-60(61,53-10-6-9-39)58-23-12-26(55-24(23)14-48)46-13-20(37)27-21(40-16-41-31(27)46)11-22(49)19-7-4-3-5-8-19;22-7-2-31(17-12(7)16(24)26-5-27-17)11-1-8-9(38-11)3-36-43(35,45)41-15-13(23)10(4-37-42(34,44)40-8)39-20(15)32-6-28-14-18(32)29-21(25)30-19(14)33;13-17(14,15-11-7-3-1-4-8-11)16-12-9-5-2-6-10-12;8-7-5-3-1-2-4-6(5)9-10-7;/h3-5,7-8,13,16-18,23-26,28,30,35,48H,6,10-12,14-15H2,1-2H3,(H2,43,44,45,50,51);2,5-6,8-11,13,15,20H,1,3-4H2,(H,34,44)(H,35,45)(H2,24,26,27)(H3,25,29,30,33);1-10H;1-4H;1H2/t23-,24+,25+,26+,28+,30+,35+,60?;8-,9+,10+,11+,13+,15+,20+,42?,43?;;;/m00.../s1. The van der Waals surface area contributed by atoms with E-state index in [0.29, 0.717) is 17.1 Å². The second kappa shape index (κ2) is 43.4. The summed E-state index contributed by atoms with van der Waals surface area (Å²) in [5.74, 6) is -2.32. The van der Waals surface area contributed by atoms with E-state index >= 15 is 13.2 Å². The molecular formula is C76H76ClF4N18O25P5S5. The van der Waals surface area contributed by atoms with Crippen molar-refractivity contribution < 1.29 is 121 Å². The van der Waals surface area contributed by atoms with Gasteiger partial charge in [0.1, 0.15) is 78.6 Å². The number of carbonyl (C=O) groups excluding carboxylic acids is 2. The zero-order chi connectivity index (χ0) is 94.4. The number of ether oxygens (including phenoxy) is 4. The first-order chi connectivity index (χ1) is 63.7. The number of imidazole rings is 2. The summed E-state index contributed by atoms with van der Waals surface area (Å²) >= 11 is 20.7. The lowest BCUT2D eigenvalue weighted by Crippen LogP contribution is -2.32. The number of anilines is 3. The monoisotopic (exact) mass is 2070 g/mol. The van der Waals surface area contributed by atoms with Crippen LogP contribution in [0.3, 0.4) is 0 Å². The number of Topliss-reactive ketones (excluding diaryl/α,β-unsaturated/α-hetero) is 1. The maximum atomic E-state index is 16.1. The number of fused-ring (bicyclic) bond motifs is 8. The average Bonchev–Trinajstić information content (AvgIpc) is 1.62. The normalized spacial score (nSPS) is 25.1. The van der Waals surface area contributed by atoms with E-state index < -0.39 is 183 Å². The van der Waals surface area contributed by atoms with Crippen molar-refractivity contribution in [2.24, 2.45) is 5.92 Å². The lowest BCUT2D eigenvalue weighted by atomic mass is 10.1. The molecule has 2 bridgehead atoms. The lowest BCUT2D eigenvalue weighted by molar-refractivity contribution is -0.119. The highest BCUT2D eigenvalue weighted by Gasteiger charge is 2.54. The van der Waals surface area contributed by atoms with Crippen LogP contribution in [0.5, 0.6) is 11.5 Å². The zero-order valence-corrected chi connectivity index (χ0v) is 78.4. The quantitative estimate of drug-likeness (QED) is 0.00695. The number of hydrogen-bond acceptors (Lipinski definition) is 38. The van der Waals surface area contributed by atoms with Crippen LogP contribution in [-0.2, 0) is 104 Å². The lowest BCUT2D eigenvalue weighted by Gasteiger charge is -2.27. The number of aromatic amines is 2. The number of alkyl halides is 2. The van der Waals surface area contributed by atoms with Crippen LogP contribution in [0.1, 0.15) is 74.1 Å². The number of ketones is 1. The molecule has 18 rings (SSSR count). The predicted octanol–water partition coefficient (Wildman–Crippen LogP) is 11.8. The number of nitrogen functional groups attached to an aromatic ring is 2. The third-order valence-electron chi connectivity index (χ3n) is 20.4. The fraction of sp³-hybridized carbons (Fsp3) is 0.342. The maximum Gasteiger partial charge on any atom is 0.530 e. The molecule has 17 atom stereocenters. The molecule has 5 saturated heterocycles. The number of nitriles is 1. The number of para-hydroxylation sites is 2. The summed E-state index contributed by atoms with van der Waals surface area (Å²) < 4.78 is 185. The molecule has 4 aromatic carbocycles. The van der Waals surface area contributed by atoms with E-state index in [1.54, 1.807) is 103 Å². The number of nitrogens with zero attached hydrogens (tertiary/aromatic N) is 13. The van der Waals surface area contributed by atoms with Crippen molar-refractivity contribution in [2.45, 2.75) is 126 Å². The van der Waals surface area contributed by atoms with Crippen molar-refractivity contribution in [2.75, 3.05) is 49.8 Å². The van der Waals surface area contributed by atoms with Crippen LogP contribution >= 0.6 is 80.0 Å². The first-order valence-corrected chi connectivity index (χ1v) is 52.7. The highest BCUT2D eigenvalue weighted by atomic mass is 35.7. The first kappa shape index (κ1) is 100. The van der Waals surface area contributed by atoms with Gasteiger partial charge < -0.3 is 86.7 Å². The number of rotatable bonds is 24. The van der Waals surface area contributed by atoms with E-state index in [9.17, 15) is 57.3 Å². The van der Waals surface area contributed by atoms with Gasteiger partial charge in [-0.15, -0.1) is 0 Å². The SMILES string of the molecule is CC(C)C(=O)Nc1nc2c(ncn2[C@@H]2O[C@H](COP(=S)(OCCC#N)O[C@H]3C[C@H](n4cc(F)c5c(CC(=O)c6ccccc6)ncnc54)O[C@@H]3CO)[C@@H](F)[C@H]2OP=O)c(=O)[nH]1.Nc1nc2c(ncn2[C@@H]2O[C@@H]3COP(O)(=S)O[C@H]4C[C@H](n5cc(F)c6c(N)ncnc65)O[C@@H]4COP(=O)(S)O[C@@H]2[C@@H]3F)c(=O)[nH]1.O.O=P(Cl)(Oc1ccccc1)Oc1ccccc1.O=c1ssc2ccccc12. The van der Waals surface area contributed by atoms with Crippen molar-refractivity contribution in [1.82, 2.24) is 68.1 Å². The number of carbonyl (C=O) groups is 2. The van der Waals surface area contributed by atoms with Gasteiger partial charge in [0.05, 0.1) is 98.7 Å². The molecule has 14 heterocycles. The second-order valence-corrected chi connectivity index (χ2v) is 43.1. The molecule has 13 aromatic rings. The topological polar surface area (TPSA) is 580 Å². The van der Waals surface area contributed by atoms with Crippen LogP contribution in [0.25, 0.3) is 54.5 Å². The second-order valence-electron chi connectivity index (χ2n) is 29.5. The smallest absolute Gasteiger partial charge is 0.412 e. The number of amides is 1. The summed E-state index contributed by atoms with van der Waals surface area (Å²) in [6, 6.07) is 35.4. The third-order valence-corrected chi connectivity index (χ3v) is 29.8. The molecule has 0 radical (unpaired) electrons. The Balaban J connectivity index is 0.000000170. The summed E-state index contributed by atoms with van der Waals surface area (Å²) in [5, 5.41) is 22.9. The molecule has 11 N–H and O–H groups in total. The number of aromatic nitrogens is 14. The minimum atomic E-state index is -4.40. The van der Waals surface area contributed by atoms with Crippen LogP contribution in [0, 0.1) is 28.9 Å². The minimum Gasteiger partial charge on any atom is -0.412 e. The van der Waals surface area contributed by atoms with Crippen LogP contribution in [0.4, 0.5) is 35.3 Å². The molecular weight excluding hydrogens is 1990 g/mol. The number of thiol groups is 1. The highest BCUT2D eigenvalue weighted by molar-refractivity contribution is 8.44. The van der Waals surface area contributed by atoms with Gasteiger partial charge in [-0.05, 0) is 70.4 Å². The molecule has 58 heteroatoms. The van der Waals surface area contributed by atoms with Crippen molar-refractivity contribution in [1.29, 1.82) is 5.26 Å². The van der Waals surface area contributed by atoms with Crippen molar-refractivity contribution in [3.05, 3.63) is 206 Å². The zero-order valence-electron chi connectivity index (χ0n) is 69.0. The van der Waals surface area contributed by atoms with E-state index in [0.717, 1.165) is 41.5 Å². The Morgan fingerprint density at radius 3 is 2.00 bits per heavy atom. The molecule has 134 heavy (non-hydrogen) atoms. The van der Waals surface area contributed by atoms with Gasteiger partial charge in [0.2, 0.25) is 17.8 Å². The average molecular weight is 2070 g/mol. The fourth-order valence-corrected chi connectivity index (χ4v) is 23.0. The van der Waals surface area contributed by atoms with E-state index in [-0.39, 0.29) is 116 Å². The Morgan fingerprint density at radius 2 is 1.35 bits per heavy atom. The summed E-state index contributed by atoms with van der Waals surface area (Å²) in [7, 11) is 1.94. The molecule has 1 amide bonds. The van der Waals surface area contributed by atoms with Gasteiger partial charge in [-0.1, -0.05) is 115 Å². The van der Waals surface area contributed by atoms with Crippen molar-refractivity contribution in [3.8, 4) is 17.6 Å². The van der Waals surface area contributed by atoms with Gasteiger partial charge in [0, 0.05) is 52.7 Å². The van der Waals surface area contributed by atoms with Gasteiger partial charge >= 0.3 is 35.9 Å². The van der Waals surface area contributed by atoms with Gasteiger partial charge in [-0.3, -0.25) is 62.0 Å². The summed E-state index contributed by atoms with van der Waals surface area (Å²) in [4.78, 5) is 110. The molecule has 0 saturated carbocycles. The Kier molecular flexibility index (Phi) is 32.5. The highest BCUT2D eigenvalue weighted by Crippen LogP contribution is 2.60. The largest absolute Gasteiger partial charge is 0.530 e. The van der Waals surface area contributed by atoms with E-state index in [4.69, 9.17) is 111 Å². The van der Waals surface area contributed by atoms with Gasteiger partial charge in [0.15, 0.2) is 76.3 Å². The van der Waals surface area contributed by atoms with Crippen LogP contribution in [0.2, 0.25) is 0 Å². The Morgan fingerprint density at radius 1 is 0.746 bits per heavy atom. The molecule has 5 fully saturated rings. The summed E-state index contributed by atoms with van der Waals surface area (Å²) in [6.45, 7) is -15.5. The summed E-state index contributed by atoms with van der Waals surface area (Å²) in [6.07, 6.45) is -12.8. The maximum absolute atomic E-state index is 16.1. The molecule has 5 aliphatic heterocycles. The van der Waals surface area contributed by atoms with E-state index in [1.807, 2.05) is 42.5 Å². The number of hydrogen-bond donors (Lipinski definition) is 8. The van der Waals surface area contributed by atoms with Gasteiger partial charge in [-0.25, -0.2) is 61.2 Å². The molecule has 9 aromatic heterocycles. The van der Waals surface area contributed by atoms with Gasteiger partial charge in [-0.2, -0.15) is 15.2 Å². The number of nitrogens with two attached hydrogens (primary N) is 2. The van der Waals surface area contributed by atoms with E-state index in [2.05, 4.69) is 67.4 Å². The van der Waals surface area contributed by atoms with Crippen LogP contribution in [-0.4, -0.2) is 189 Å². The number of aliphatic hydroxyl groups is 1. The number of benzene rings is 4. The molecule has 0 spiro atoms. The molecule has 3 unspecified atom stereocenters. The minimum absolute atomic E-state index is 0. The molecule has 0 aliphatic carbocycles. The molecule has 710 valence electrons. The van der Waals surface area contributed by atoms with Crippen molar-refractivity contribution >= 4 is 188 Å². The van der Waals surface area contributed by atoms with Crippen LogP contribution in [0.15, 0.2) is 167 Å². The first-order valence-electron chi connectivity index (χ1n) is 39.5. The fourth-order valence-electron chi connectivity index (χ4n) is 14.3. The Bertz CT molecular complexity index is 6840. The number of halogens is 5.